The van der Waals surface area contributed by atoms with E-state index in [1.807, 2.05) is 0 Å². The number of nitro benzene ring substituents is 1. The van der Waals surface area contributed by atoms with Gasteiger partial charge in [0.1, 0.15) is 0 Å². The van der Waals surface area contributed by atoms with E-state index in [0.717, 1.165) is 60.7 Å². The molecule has 17 nitrogen and oxygen atoms in total. The van der Waals surface area contributed by atoms with Crippen LogP contribution < -0.4 is 9.67 Å². The van der Waals surface area contributed by atoms with Gasteiger partial charge in [-0.05, 0) is 12.1 Å². The SMILES string of the molecule is O=C(Nc1cc(S(=O)(=O)O)cc2cc(S(=O)(=O)O)c(N=Nc3ccc([As](=O)(O)O)cc3)c(O)c12)c1ccc([N+](=O)[O-])cc1. The third kappa shape index (κ3) is 6.95. The minimum atomic E-state index is -5.24. The van der Waals surface area contributed by atoms with E-state index in [1.54, 1.807) is 0 Å². The number of rotatable bonds is 8. The van der Waals surface area contributed by atoms with Gasteiger partial charge >= 0.3 is 166 Å². The molecule has 0 aliphatic rings. The van der Waals surface area contributed by atoms with E-state index in [4.69, 9.17) is 0 Å². The first kappa shape index (κ1) is 31.4. The molecule has 0 spiro atoms. The van der Waals surface area contributed by atoms with Crippen LogP contribution in [-0.4, -0.2) is 64.2 Å². The van der Waals surface area contributed by atoms with E-state index in [9.17, 15) is 57.9 Å². The van der Waals surface area contributed by atoms with Crippen LogP contribution in [0.1, 0.15) is 10.4 Å². The van der Waals surface area contributed by atoms with Crippen molar-refractivity contribution in [2.75, 3.05) is 5.32 Å². The van der Waals surface area contributed by atoms with Gasteiger partial charge in [0.15, 0.2) is 0 Å². The zero-order chi connectivity index (χ0) is 31.9. The number of non-ortho nitro benzene ring substituents is 1. The van der Waals surface area contributed by atoms with Gasteiger partial charge in [0.25, 0.3) is 15.8 Å². The van der Waals surface area contributed by atoms with E-state index in [0.29, 0.717) is 6.07 Å². The molecule has 4 rings (SSSR count). The van der Waals surface area contributed by atoms with Crippen LogP contribution >= 0.6 is 0 Å². The van der Waals surface area contributed by atoms with E-state index in [2.05, 4.69) is 15.5 Å². The number of amides is 1. The smallest absolute Gasteiger partial charge is 0.258 e. The molecular weight excluding hydrogens is 679 g/mol. The Morgan fingerprint density at radius 2 is 1.49 bits per heavy atom. The van der Waals surface area contributed by atoms with Gasteiger partial charge < -0.3 is 0 Å². The summed E-state index contributed by atoms with van der Waals surface area (Å²) in [5.41, 5.74) is -1.91. The Kier molecular flexibility index (Phi) is 8.26. The number of carbonyl (C=O) groups excluding carboxylic acids is 1. The zero-order valence-electron chi connectivity index (χ0n) is 21.0. The van der Waals surface area contributed by atoms with Gasteiger partial charge in [-0.3, -0.25) is 19.5 Å². The predicted octanol–water partition coefficient (Wildman–Crippen LogP) is 2.18. The number of phenols is 1. The number of azo groups is 1. The number of fused-ring (bicyclic) bond motifs is 1. The Bertz CT molecular complexity index is 2090. The number of hydrogen-bond acceptors (Lipinski definition) is 11. The molecule has 20 heteroatoms. The van der Waals surface area contributed by atoms with Gasteiger partial charge in [0.05, 0.1) is 4.92 Å². The van der Waals surface area contributed by atoms with Crippen molar-refractivity contribution in [1.82, 2.24) is 0 Å². The van der Waals surface area contributed by atoms with Crippen molar-refractivity contribution in [2.45, 2.75) is 9.79 Å². The Morgan fingerprint density at radius 1 is 0.884 bits per heavy atom. The van der Waals surface area contributed by atoms with Crippen LogP contribution in [0, 0.1) is 10.1 Å². The summed E-state index contributed by atoms with van der Waals surface area (Å²) in [6.45, 7) is 0. The van der Waals surface area contributed by atoms with Crippen LogP contribution in [0.3, 0.4) is 0 Å². The first-order chi connectivity index (χ1) is 19.9. The molecule has 0 saturated heterocycles. The molecule has 4 aromatic carbocycles. The summed E-state index contributed by atoms with van der Waals surface area (Å²) in [4.78, 5) is 21.2. The molecule has 0 aliphatic carbocycles. The van der Waals surface area contributed by atoms with Gasteiger partial charge in [-0.2, -0.15) is 8.42 Å². The second-order valence-electron chi connectivity index (χ2n) is 8.61. The molecule has 0 heterocycles. The summed E-state index contributed by atoms with van der Waals surface area (Å²) in [6, 6.07) is 10.7. The minimum Gasteiger partial charge on any atom is -0.258 e. The summed E-state index contributed by atoms with van der Waals surface area (Å²) >= 11 is -5.24. The number of nitrogens with one attached hydrogen (secondary N) is 1. The van der Waals surface area contributed by atoms with Crippen molar-refractivity contribution >= 4 is 78.2 Å². The number of phenolic OH excluding ortho intramolecular Hbond substituents is 1. The maximum atomic E-state index is 12.9. The zero-order valence-corrected chi connectivity index (χ0v) is 24.5. The normalized spacial score (nSPS) is 12.5. The molecule has 0 radical (unpaired) electrons. The van der Waals surface area contributed by atoms with Gasteiger partial charge in [-0.1, -0.05) is 0 Å². The van der Waals surface area contributed by atoms with Crippen LogP contribution in [-0.2, 0) is 24.0 Å². The number of anilines is 1. The summed E-state index contributed by atoms with van der Waals surface area (Å²) in [7, 11) is -10.2. The summed E-state index contributed by atoms with van der Waals surface area (Å²) in [5, 5.41) is 30.9. The van der Waals surface area contributed by atoms with Crippen LogP contribution in [0.25, 0.3) is 10.8 Å². The molecule has 0 aromatic heterocycles. The van der Waals surface area contributed by atoms with Crippen LogP contribution in [0.15, 0.2) is 86.7 Å². The van der Waals surface area contributed by atoms with Crippen LogP contribution in [0.5, 0.6) is 5.75 Å². The number of hydrogen-bond donors (Lipinski definition) is 6. The molecule has 0 bridgehead atoms. The van der Waals surface area contributed by atoms with Crippen LogP contribution in [0.4, 0.5) is 22.7 Å². The Labute approximate surface area is 243 Å². The number of aromatic hydroxyl groups is 1. The molecule has 4 aromatic rings. The van der Waals surface area contributed by atoms with Gasteiger partial charge in [-0.25, -0.2) is 0 Å². The van der Waals surface area contributed by atoms with Crippen molar-refractivity contribution < 1.29 is 52.7 Å². The van der Waals surface area contributed by atoms with Crippen molar-refractivity contribution in [3.63, 3.8) is 0 Å². The van der Waals surface area contributed by atoms with Crippen molar-refractivity contribution in [3.05, 3.63) is 82.4 Å². The molecule has 0 atom stereocenters. The van der Waals surface area contributed by atoms with Gasteiger partial charge in [0.2, 0.25) is 0 Å². The third-order valence-corrected chi connectivity index (χ3v) is 9.47. The van der Waals surface area contributed by atoms with Gasteiger partial charge in [0, 0.05) is 17.7 Å². The largest absolute Gasteiger partial charge is 0.269 e. The van der Waals surface area contributed by atoms with E-state index in [1.165, 1.54) is 0 Å². The first-order valence-corrected chi connectivity index (χ1v) is 17.5. The topological polar surface area (TPSA) is 283 Å². The fraction of sp³-hybridized carbons (Fsp3) is 0. The minimum absolute atomic E-state index is 0.0677. The molecule has 43 heavy (non-hydrogen) atoms. The van der Waals surface area contributed by atoms with E-state index < -0.39 is 82.9 Å². The fourth-order valence-electron chi connectivity index (χ4n) is 3.75. The number of benzene rings is 4. The quantitative estimate of drug-likeness (QED) is 0.0507. The van der Waals surface area contributed by atoms with E-state index >= 15 is 0 Å². The van der Waals surface area contributed by atoms with Crippen LogP contribution in [0.2, 0.25) is 0 Å². The van der Waals surface area contributed by atoms with Crippen molar-refractivity contribution in [3.8, 4) is 5.75 Å². The Balaban J connectivity index is 1.92. The summed E-state index contributed by atoms with van der Waals surface area (Å²) in [5.74, 6) is -1.98. The second kappa shape index (κ2) is 11.3. The maximum Gasteiger partial charge on any atom is 0.269 e. The maximum absolute atomic E-state index is 12.9. The number of nitrogens with zero attached hydrogens (tertiary/aromatic N) is 3. The molecule has 0 saturated carbocycles. The number of carbonyl (C=O) groups is 1. The predicted molar refractivity (Wildman–Crippen MR) is 147 cm³/mol. The second-order valence-corrected chi connectivity index (χ2v) is 14.8. The standard InChI is InChI=1S/C23H17AsN4O13S2/c29-22-20-13(10-19(43(39,40)41)21(22)27-26-15-5-3-14(4-6-15)24(31,32)33)9-17(42(36,37)38)11-18(20)25-23(30)12-1-7-16(8-2-12)28(34)35/h1-11,29H,(H,25,30)(H2,31,32,33)(H,36,37,38)(H,39,40,41). The summed E-state index contributed by atoms with van der Waals surface area (Å²) in [6.07, 6.45) is 0. The van der Waals surface area contributed by atoms with E-state index in [-0.39, 0.29) is 21.3 Å². The molecule has 0 unspecified atom stereocenters. The monoisotopic (exact) mass is 696 g/mol. The average molecular weight is 696 g/mol. The third-order valence-electron chi connectivity index (χ3n) is 5.74. The fourth-order valence-corrected chi connectivity index (χ4v) is 6.08. The molecule has 224 valence electrons. The average Bonchev–Trinajstić information content (AvgIpc) is 2.90. The molecule has 0 fully saturated rings. The van der Waals surface area contributed by atoms with Crippen molar-refractivity contribution in [1.29, 1.82) is 0 Å². The molecule has 6 N–H and O–H groups in total. The Morgan fingerprint density at radius 3 is 2.00 bits per heavy atom. The molecule has 0 aliphatic heterocycles. The first-order valence-electron chi connectivity index (χ1n) is 11.3. The van der Waals surface area contributed by atoms with Gasteiger partial charge in [-0.15, -0.1) is 0 Å². The summed E-state index contributed by atoms with van der Waals surface area (Å²) < 4.78 is 97.4. The van der Waals surface area contributed by atoms with Crippen molar-refractivity contribution in [2.24, 2.45) is 10.2 Å². The molecular formula is C23H17AsN4O13S2. The molecule has 1 amide bonds. The number of nitro groups is 1. The Hall–Kier alpha value is -4.49.